The molecule has 0 aromatic carbocycles. The number of carbonyl (C=O) groups is 1. The van der Waals surface area contributed by atoms with Gasteiger partial charge in [-0.15, -0.1) is 0 Å². The number of hydrogen-bond donors (Lipinski definition) is 1. The highest BCUT2D eigenvalue weighted by Gasteiger charge is 2.22. The number of halogens is 2. The monoisotopic (exact) mass is 472 g/mol. The third kappa shape index (κ3) is 2.91. The van der Waals surface area contributed by atoms with Crippen LogP contribution in [0, 0.1) is 17.4 Å². The predicted molar refractivity (Wildman–Crippen MR) is 103 cm³/mol. The first kappa shape index (κ1) is 17.8. The van der Waals surface area contributed by atoms with Crippen LogP contribution < -0.4 is 11.4 Å². The van der Waals surface area contributed by atoms with Crippen LogP contribution in [-0.2, 0) is 6.54 Å². The number of carbonyl (C=O) groups excluding carboxylic acids is 1. The van der Waals surface area contributed by atoms with Gasteiger partial charge >= 0.3 is 5.69 Å². The van der Waals surface area contributed by atoms with Gasteiger partial charge in [0.1, 0.15) is 5.52 Å². The Hall–Kier alpha value is -2.01. The SMILES string of the molecule is CC(=O)n1c(=O)n(Cc2ncc(C)c(I)c2C)c2nc(N)nc(Cl)c21. The van der Waals surface area contributed by atoms with Crippen molar-refractivity contribution in [2.24, 2.45) is 0 Å². The van der Waals surface area contributed by atoms with E-state index in [1.54, 1.807) is 6.20 Å². The average Bonchev–Trinajstić information content (AvgIpc) is 2.81. The van der Waals surface area contributed by atoms with E-state index in [0.717, 1.165) is 19.3 Å². The first-order valence-electron chi connectivity index (χ1n) is 7.28. The third-order valence-corrected chi connectivity index (χ3v) is 5.81. The van der Waals surface area contributed by atoms with Crippen molar-refractivity contribution in [3.05, 3.63) is 42.2 Å². The van der Waals surface area contributed by atoms with Crippen LogP contribution >= 0.6 is 34.2 Å². The Morgan fingerprint density at radius 2 is 2.04 bits per heavy atom. The van der Waals surface area contributed by atoms with Crippen LogP contribution in [0.2, 0.25) is 5.15 Å². The molecule has 0 bridgehead atoms. The van der Waals surface area contributed by atoms with E-state index in [2.05, 4.69) is 37.5 Å². The largest absolute Gasteiger partial charge is 0.368 e. The zero-order valence-electron chi connectivity index (χ0n) is 13.7. The Morgan fingerprint density at radius 1 is 1.36 bits per heavy atom. The van der Waals surface area contributed by atoms with Crippen LogP contribution in [0.4, 0.5) is 5.95 Å². The lowest BCUT2D eigenvalue weighted by molar-refractivity contribution is 0.0936. The number of aromatic nitrogens is 5. The molecule has 0 atom stereocenters. The van der Waals surface area contributed by atoms with Crippen molar-refractivity contribution in [1.82, 2.24) is 24.1 Å². The molecule has 0 saturated carbocycles. The van der Waals surface area contributed by atoms with Crippen molar-refractivity contribution >= 4 is 57.2 Å². The van der Waals surface area contributed by atoms with E-state index in [-0.39, 0.29) is 28.8 Å². The lowest BCUT2D eigenvalue weighted by Gasteiger charge is -2.09. The molecule has 10 heteroatoms. The number of imidazole rings is 1. The van der Waals surface area contributed by atoms with Gasteiger partial charge in [0.05, 0.1) is 12.2 Å². The second-order valence-electron chi connectivity index (χ2n) is 5.59. The van der Waals surface area contributed by atoms with Gasteiger partial charge in [0.2, 0.25) is 11.9 Å². The zero-order chi connectivity index (χ0) is 18.5. The normalized spacial score (nSPS) is 11.2. The maximum atomic E-state index is 12.8. The minimum atomic E-state index is -0.555. The van der Waals surface area contributed by atoms with Crippen LogP contribution in [0.25, 0.3) is 11.2 Å². The third-order valence-electron chi connectivity index (χ3n) is 3.89. The van der Waals surface area contributed by atoms with Crippen LogP contribution in [0.15, 0.2) is 11.0 Å². The number of pyridine rings is 1. The number of nitrogens with zero attached hydrogens (tertiary/aromatic N) is 5. The van der Waals surface area contributed by atoms with Crippen LogP contribution in [0.3, 0.4) is 0 Å². The maximum absolute atomic E-state index is 12.8. The number of hydrogen-bond acceptors (Lipinski definition) is 6. The van der Waals surface area contributed by atoms with Crippen molar-refractivity contribution in [1.29, 1.82) is 0 Å². The highest BCUT2D eigenvalue weighted by molar-refractivity contribution is 14.1. The van der Waals surface area contributed by atoms with Crippen molar-refractivity contribution in [3.8, 4) is 0 Å². The van der Waals surface area contributed by atoms with Gasteiger partial charge in [-0.1, -0.05) is 11.6 Å². The molecule has 0 spiro atoms. The van der Waals surface area contributed by atoms with Crippen molar-refractivity contribution < 1.29 is 4.79 Å². The van der Waals surface area contributed by atoms with Crippen LogP contribution in [0.1, 0.15) is 28.5 Å². The first-order chi connectivity index (χ1) is 11.7. The summed E-state index contributed by atoms with van der Waals surface area (Å²) in [6.07, 6.45) is 1.75. The van der Waals surface area contributed by atoms with Gasteiger partial charge in [0, 0.05) is 16.7 Å². The number of nitrogen functional groups attached to an aromatic ring is 1. The molecular formula is C15H14ClIN6O2. The van der Waals surface area contributed by atoms with Gasteiger partial charge in [0.15, 0.2) is 10.8 Å². The molecule has 0 aliphatic heterocycles. The Balaban J connectivity index is 2.31. The van der Waals surface area contributed by atoms with E-state index in [1.165, 1.54) is 11.5 Å². The fourth-order valence-corrected chi connectivity index (χ4v) is 3.32. The Morgan fingerprint density at radius 3 is 2.68 bits per heavy atom. The Kier molecular flexibility index (Phi) is 4.54. The molecule has 0 saturated heterocycles. The molecule has 0 unspecified atom stereocenters. The molecule has 0 aliphatic carbocycles. The molecule has 0 radical (unpaired) electrons. The summed E-state index contributed by atoms with van der Waals surface area (Å²) < 4.78 is 3.35. The second kappa shape index (κ2) is 6.37. The summed E-state index contributed by atoms with van der Waals surface area (Å²) in [4.78, 5) is 37.1. The molecule has 2 N–H and O–H groups in total. The molecule has 0 fully saturated rings. The lowest BCUT2D eigenvalue weighted by Crippen LogP contribution is -2.28. The van der Waals surface area contributed by atoms with Gasteiger partial charge < -0.3 is 5.73 Å². The van der Waals surface area contributed by atoms with Crippen molar-refractivity contribution in [3.63, 3.8) is 0 Å². The molecule has 3 aromatic rings. The Bertz CT molecular complexity index is 1090. The topological polar surface area (TPSA) is 109 Å². The summed E-state index contributed by atoms with van der Waals surface area (Å²) in [5.74, 6) is -0.553. The molecule has 3 heterocycles. The molecule has 130 valence electrons. The summed E-state index contributed by atoms with van der Waals surface area (Å²) in [5.41, 5.74) is 8.17. The van der Waals surface area contributed by atoms with Gasteiger partial charge in [0.25, 0.3) is 0 Å². The molecule has 0 amide bonds. The van der Waals surface area contributed by atoms with Crippen molar-refractivity contribution in [2.45, 2.75) is 27.3 Å². The predicted octanol–water partition coefficient (Wildman–Crippen LogP) is 2.15. The van der Waals surface area contributed by atoms with E-state index in [4.69, 9.17) is 17.3 Å². The highest BCUT2D eigenvalue weighted by Crippen LogP contribution is 2.23. The van der Waals surface area contributed by atoms with Gasteiger partial charge in [-0.2, -0.15) is 9.97 Å². The van der Waals surface area contributed by atoms with Crippen LogP contribution in [0.5, 0.6) is 0 Å². The van der Waals surface area contributed by atoms with Gasteiger partial charge in [-0.05, 0) is 47.6 Å². The zero-order valence-corrected chi connectivity index (χ0v) is 16.6. The second-order valence-corrected chi connectivity index (χ2v) is 7.03. The summed E-state index contributed by atoms with van der Waals surface area (Å²) in [5, 5.41) is -0.0447. The molecule has 8 nitrogen and oxygen atoms in total. The fraction of sp³-hybridized carbons (Fsp3) is 0.267. The lowest BCUT2D eigenvalue weighted by atomic mass is 10.1. The highest BCUT2D eigenvalue weighted by atomic mass is 127. The minimum Gasteiger partial charge on any atom is -0.368 e. The summed E-state index contributed by atoms with van der Waals surface area (Å²) in [6.45, 7) is 5.32. The number of rotatable bonds is 2. The van der Waals surface area contributed by atoms with E-state index in [9.17, 15) is 9.59 Å². The number of fused-ring (bicyclic) bond motifs is 1. The standard InChI is InChI=1S/C15H14ClIN6O2/c1-6-4-19-9(7(2)10(6)17)5-22-13-11(12(16)20-14(18)21-13)23(8(3)24)15(22)25/h4H,5H2,1-3H3,(H2,18,20,21). The fourth-order valence-electron chi connectivity index (χ4n) is 2.61. The molecule has 0 aliphatic rings. The van der Waals surface area contributed by atoms with Gasteiger partial charge in [-0.25, -0.2) is 9.36 Å². The minimum absolute atomic E-state index is 0.0447. The Labute approximate surface area is 161 Å². The van der Waals surface area contributed by atoms with Crippen molar-refractivity contribution in [2.75, 3.05) is 5.73 Å². The van der Waals surface area contributed by atoms with E-state index in [1.807, 2.05) is 13.8 Å². The molecule has 3 rings (SSSR count). The first-order valence-corrected chi connectivity index (χ1v) is 8.73. The summed E-state index contributed by atoms with van der Waals surface area (Å²) in [7, 11) is 0. The van der Waals surface area contributed by atoms with Gasteiger partial charge in [-0.3, -0.25) is 14.3 Å². The van der Waals surface area contributed by atoms with Crippen LogP contribution in [-0.4, -0.2) is 30.0 Å². The quantitative estimate of drug-likeness (QED) is 0.452. The molecule has 3 aromatic heterocycles. The number of anilines is 1. The van der Waals surface area contributed by atoms with E-state index < -0.39 is 11.6 Å². The summed E-state index contributed by atoms with van der Waals surface area (Å²) >= 11 is 8.34. The average molecular weight is 473 g/mol. The van der Waals surface area contributed by atoms with E-state index >= 15 is 0 Å². The van der Waals surface area contributed by atoms with E-state index in [0.29, 0.717) is 5.69 Å². The molecule has 25 heavy (non-hydrogen) atoms. The number of aryl methyl sites for hydroxylation is 1. The smallest absolute Gasteiger partial charge is 0.337 e. The number of nitrogens with two attached hydrogens (primary N) is 1. The summed E-state index contributed by atoms with van der Waals surface area (Å²) in [6, 6.07) is 0. The maximum Gasteiger partial charge on any atom is 0.337 e. The molecular weight excluding hydrogens is 459 g/mol.